The average molecular weight is 624 g/mol. The molecule has 6 N–H and O–H groups in total. The lowest BCUT2D eigenvalue weighted by molar-refractivity contribution is -0.373. The summed E-state index contributed by atoms with van der Waals surface area (Å²) in [6, 6.07) is 8.70. The van der Waals surface area contributed by atoms with Crippen molar-refractivity contribution in [2.75, 3.05) is 0 Å². The molecule has 0 saturated carbocycles. The van der Waals surface area contributed by atoms with Crippen LogP contribution in [0.4, 0.5) is 4.79 Å². The lowest BCUT2D eigenvalue weighted by Gasteiger charge is -2.48. The van der Waals surface area contributed by atoms with E-state index in [-0.39, 0.29) is 17.9 Å². The van der Waals surface area contributed by atoms with Gasteiger partial charge in [0.15, 0.2) is 6.10 Å². The quantitative estimate of drug-likeness (QED) is 0.132. The number of nitrogens with one attached hydrogen (secondary N) is 1. The van der Waals surface area contributed by atoms with Gasteiger partial charge in [-0.1, -0.05) is 43.8 Å². The van der Waals surface area contributed by atoms with Crippen molar-refractivity contribution in [2.24, 2.45) is 5.92 Å². The fourth-order valence-electron chi connectivity index (χ4n) is 5.68. The summed E-state index contributed by atoms with van der Waals surface area (Å²) < 4.78 is 21.6. The fourth-order valence-corrected chi connectivity index (χ4v) is 5.68. The molecule has 8 atom stereocenters. The highest BCUT2D eigenvalue weighted by Crippen LogP contribution is 2.55. The first kappa shape index (κ1) is 34.4. The molecule has 0 aliphatic carbocycles. The molecule has 0 aromatic heterocycles. The maximum Gasteiger partial charge on any atom is 0.407 e. The van der Waals surface area contributed by atoms with Crippen LogP contribution in [0.3, 0.4) is 0 Å². The number of aliphatic hydroxyl groups excluding tert-OH is 1. The van der Waals surface area contributed by atoms with E-state index < -0.39 is 83.8 Å². The molecule has 1 aromatic rings. The molecule has 1 amide bonds. The third-order valence-electron chi connectivity index (χ3n) is 7.65. The van der Waals surface area contributed by atoms with E-state index in [2.05, 4.69) is 11.9 Å². The van der Waals surface area contributed by atoms with E-state index >= 15 is 0 Å². The number of carboxylic acid groups (broad SMARTS) is 3. The molecule has 0 radical (unpaired) electrons. The second-order valence-corrected chi connectivity index (χ2v) is 11.3. The minimum absolute atomic E-state index is 0.242. The Morgan fingerprint density at radius 2 is 1.66 bits per heavy atom. The molecule has 2 unspecified atom stereocenters. The van der Waals surface area contributed by atoms with Crippen LogP contribution in [-0.2, 0) is 44.5 Å². The van der Waals surface area contributed by atoms with Gasteiger partial charge in [0.25, 0.3) is 5.60 Å². The summed E-state index contributed by atoms with van der Waals surface area (Å²) in [5.41, 5.74) is -6.27. The number of hydrogen-bond acceptors (Lipinski definition) is 11. The van der Waals surface area contributed by atoms with Crippen LogP contribution in [0.15, 0.2) is 42.5 Å². The van der Waals surface area contributed by atoms with E-state index in [0.717, 1.165) is 5.56 Å². The zero-order chi connectivity index (χ0) is 33.2. The van der Waals surface area contributed by atoms with Crippen LogP contribution >= 0.6 is 0 Å². The maximum atomic E-state index is 12.8. The molecule has 2 bridgehead atoms. The second kappa shape index (κ2) is 12.9. The van der Waals surface area contributed by atoms with Crippen molar-refractivity contribution in [3.05, 3.63) is 48.0 Å². The Hall–Kier alpha value is -4.05. The third-order valence-corrected chi connectivity index (χ3v) is 7.65. The van der Waals surface area contributed by atoms with E-state index in [4.69, 9.17) is 18.9 Å². The Balaban J connectivity index is 2.03. The molecule has 242 valence electrons. The molecule has 15 nitrogen and oxygen atoms in total. The van der Waals surface area contributed by atoms with Gasteiger partial charge in [0.05, 0.1) is 0 Å². The van der Waals surface area contributed by atoms with Crippen molar-refractivity contribution in [3.63, 3.8) is 0 Å². The summed E-state index contributed by atoms with van der Waals surface area (Å²) >= 11 is 0. The number of carboxylic acids is 3. The minimum atomic E-state index is -3.89. The van der Waals surface area contributed by atoms with Gasteiger partial charge in [-0.15, -0.1) is 0 Å². The molecule has 2 aliphatic rings. The largest absolute Gasteiger partial charge is 0.479 e. The monoisotopic (exact) mass is 623 g/mol. The number of hydrogen-bond donors (Lipinski definition) is 6. The highest BCUT2D eigenvalue weighted by molar-refractivity contribution is 5.98. The van der Waals surface area contributed by atoms with Crippen LogP contribution in [0.2, 0.25) is 0 Å². The Bertz CT molecular complexity index is 1300. The van der Waals surface area contributed by atoms with Gasteiger partial charge in [0.1, 0.15) is 12.2 Å². The van der Waals surface area contributed by atoms with Gasteiger partial charge in [0, 0.05) is 25.3 Å². The highest BCUT2D eigenvalue weighted by Gasteiger charge is 2.85. The van der Waals surface area contributed by atoms with Gasteiger partial charge < -0.3 is 49.8 Å². The Morgan fingerprint density at radius 3 is 2.16 bits per heavy atom. The molecule has 2 saturated heterocycles. The number of aliphatic carboxylic acids is 3. The molecule has 0 spiro atoms. The van der Waals surface area contributed by atoms with Crippen molar-refractivity contribution in [1.29, 1.82) is 0 Å². The van der Waals surface area contributed by atoms with E-state index in [0.29, 0.717) is 6.42 Å². The second-order valence-electron chi connectivity index (χ2n) is 11.3. The molecular formula is C29H37NO14. The highest BCUT2D eigenvalue weighted by atomic mass is 16.8. The van der Waals surface area contributed by atoms with Crippen LogP contribution in [0.25, 0.3) is 0 Å². The van der Waals surface area contributed by atoms with Crippen molar-refractivity contribution in [1.82, 2.24) is 5.32 Å². The molecular weight excluding hydrogens is 586 g/mol. The van der Waals surface area contributed by atoms with E-state index in [1.54, 1.807) is 6.92 Å². The SMILES string of the molecule is C=C(CC[C@@]12O[C@H](C(=O)O)[C@@](O)(C(=O)O)[C@@](C(=O)O)(O1)[C@H](OC(=O)NC(C)C)[C@H]2O)C(OC(C)=O)C(C)Cc1ccccc1. The van der Waals surface area contributed by atoms with Crippen LogP contribution < -0.4 is 5.32 Å². The first-order valence-electron chi connectivity index (χ1n) is 13.8. The van der Waals surface area contributed by atoms with Gasteiger partial charge >= 0.3 is 30.0 Å². The Labute approximate surface area is 252 Å². The van der Waals surface area contributed by atoms with Gasteiger partial charge in [-0.2, -0.15) is 0 Å². The lowest BCUT2D eigenvalue weighted by atomic mass is 9.74. The molecule has 3 rings (SSSR count). The number of benzene rings is 1. The number of ether oxygens (including phenoxy) is 4. The van der Waals surface area contributed by atoms with Crippen LogP contribution in [-0.4, -0.2) is 103 Å². The molecule has 1 aromatic carbocycles. The normalized spacial score (nSPS) is 30.6. The molecule has 44 heavy (non-hydrogen) atoms. The Kier molecular flexibility index (Phi) is 10.1. The lowest BCUT2D eigenvalue weighted by Crippen LogP contribution is -2.78. The molecule has 2 aliphatic heterocycles. The summed E-state index contributed by atoms with van der Waals surface area (Å²) in [6.45, 7) is 10.0. The van der Waals surface area contributed by atoms with Crippen molar-refractivity contribution in [3.8, 4) is 0 Å². The maximum absolute atomic E-state index is 12.8. The predicted molar refractivity (Wildman–Crippen MR) is 147 cm³/mol. The topological polar surface area (TPSA) is 235 Å². The number of aliphatic hydroxyl groups is 2. The zero-order valence-corrected chi connectivity index (χ0v) is 24.6. The summed E-state index contributed by atoms with van der Waals surface area (Å²) in [4.78, 5) is 61.9. The minimum Gasteiger partial charge on any atom is -0.479 e. The first-order valence-corrected chi connectivity index (χ1v) is 13.8. The van der Waals surface area contributed by atoms with E-state index in [9.17, 15) is 49.5 Å². The van der Waals surface area contributed by atoms with Crippen molar-refractivity contribution in [2.45, 2.75) is 94.4 Å². The first-order chi connectivity index (χ1) is 20.4. The molecule has 15 heteroatoms. The summed E-state index contributed by atoms with van der Waals surface area (Å²) in [5.74, 6) is -10.3. The smallest absolute Gasteiger partial charge is 0.407 e. The summed E-state index contributed by atoms with van der Waals surface area (Å²) in [5, 5.41) is 55.0. The third kappa shape index (κ3) is 6.13. The van der Waals surface area contributed by atoms with Crippen molar-refractivity contribution >= 4 is 30.0 Å². The average Bonchev–Trinajstić information content (AvgIpc) is 3.14. The fraction of sp³-hybridized carbons (Fsp3) is 0.552. The van der Waals surface area contributed by atoms with Gasteiger partial charge in [-0.05, 0) is 37.8 Å². The number of rotatable bonds is 13. The van der Waals surface area contributed by atoms with Crippen molar-refractivity contribution < 1.29 is 68.5 Å². The molecule has 2 heterocycles. The van der Waals surface area contributed by atoms with Gasteiger partial charge in [0.2, 0.25) is 17.5 Å². The van der Waals surface area contributed by atoms with Crippen LogP contribution in [0.1, 0.15) is 46.1 Å². The summed E-state index contributed by atoms with van der Waals surface area (Å²) in [7, 11) is 0. The number of carbonyl (C=O) groups excluding carboxylic acids is 2. The van der Waals surface area contributed by atoms with Crippen LogP contribution in [0, 0.1) is 5.92 Å². The predicted octanol–water partition coefficient (Wildman–Crippen LogP) is 0.846. The number of fused-ring (bicyclic) bond motifs is 2. The standard InChI is InChI=1S/C29H37NO14/c1-14(2)30-26(39)42-21-20(32)27(43-22(23(33)34)28(40,24(35)36)29(21,44-27)25(37)38)12-11-15(3)19(41-17(5)31)16(4)13-18-9-7-6-8-10-18/h6-10,14,16,19-22,32,40H,3,11-13H2,1-2,4-5H3,(H,30,39)(H,33,34)(H,35,36)(H,37,38)/t16?,19?,20-,21-,22-,27-,28-,29-/m1/s1. The number of carbonyl (C=O) groups is 5. The van der Waals surface area contributed by atoms with E-state index in [1.165, 1.54) is 20.8 Å². The molecule has 2 fully saturated rings. The summed E-state index contributed by atoms with van der Waals surface area (Å²) in [6.07, 6.45) is -10.2. The van der Waals surface area contributed by atoms with Crippen LogP contribution in [0.5, 0.6) is 0 Å². The number of esters is 1. The van der Waals surface area contributed by atoms with Gasteiger partial charge in [-0.25, -0.2) is 19.2 Å². The van der Waals surface area contributed by atoms with Gasteiger partial charge in [-0.3, -0.25) is 4.79 Å². The number of amides is 1. The zero-order valence-electron chi connectivity index (χ0n) is 24.6. The van der Waals surface area contributed by atoms with E-state index in [1.807, 2.05) is 30.3 Å². The number of alkyl carbamates (subject to hydrolysis) is 1. The Morgan fingerprint density at radius 1 is 1.05 bits per heavy atom.